The summed E-state index contributed by atoms with van der Waals surface area (Å²) in [5.74, 6) is 0.742. The van der Waals surface area contributed by atoms with E-state index < -0.39 is 11.7 Å². The fourth-order valence-electron chi connectivity index (χ4n) is 5.60. The van der Waals surface area contributed by atoms with Crippen molar-refractivity contribution >= 4 is 22.7 Å². The molecule has 2 aromatic rings. The molecule has 3 rings (SSSR count). The van der Waals surface area contributed by atoms with Gasteiger partial charge in [-0.15, -0.1) is 0 Å². The number of esters is 1. The Balaban J connectivity index is 1.84. The standard InChI is InChI=1S/C29H41F3N2O3/c1-6-19-9-11-21(12-10-19)37-25-15-14-24-22(27(25)29(30,31)32)13-16-26(34-24)33-23(8-3)20(7-2)17-18(4)28(35)36-5/h13-16,18-21,23H,6-12,17H2,1-5H3,(H,33,34)/t18?,19-,20?,21+,23?. The SMILES string of the molecule is CCC(CC(C)C(=O)OC)C(CC)Nc1ccc2c(C(F)(F)F)c(O[C@H]3CC[C@@H](CC)CC3)ccc2n1. The van der Waals surface area contributed by atoms with Gasteiger partial charge >= 0.3 is 12.1 Å². The Labute approximate surface area is 218 Å². The number of carbonyl (C=O) groups is 1. The smallest absolute Gasteiger partial charge is 0.420 e. The first-order chi connectivity index (χ1) is 17.6. The zero-order valence-electron chi connectivity index (χ0n) is 22.7. The van der Waals surface area contributed by atoms with Gasteiger partial charge in [-0.25, -0.2) is 4.98 Å². The second-order valence-corrected chi connectivity index (χ2v) is 10.4. The van der Waals surface area contributed by atoms with E-state index in [1.807, 2.05) is 13.8 Å². The van der Waals surface area contributed by atoms with E-state index >= 15 is 0 Å². The van der Waals surface area contributed by atoms with E-state index in [0.717, 1.165) is 44.9 Å². The molecule has 37 heavy (non-hydrogen) atoms. The van der Waals surface area contributed by atoms with E-state index in [1.54, 1.807) is 12.1 Å². The van der Waals surface area contributed by atoms with Gasteiger partial charge in [-0.1, -0.05) is 40.5 Å². The number of carbonyl (C=O) groups excluding carboxylic acids is 1. The highest BCUT2D eigenvalue weighted by atomic mass is 19.4. The first kappa shape index (κ1) is 29.1. The van der Waals surface area contributed by atoms with Crippen LogP contribution in [0.4, 0.5) is 19.0 Å². The van der Waals surface area contributed by atoms with Gasteiger partial charge < -0.3 is 14.8 Å². The number of ether oxygens (including phenoxy) is 2. The predicted octanol–water partition coefficient (Wildman–Crippen LogP) is 8.02. The lowest BCUT2D eigenvalue weighted by molar-refractivity contribution is -0.145. The van der Waals surface area contributed by atoms with Gasteiger partial charge in [0.2, 0.25) is 0 Å². The number of hydrogen-bond acceptors (Lipinski definition) is 5. The number of nitrogens with one attached hydrogen (secondary N) is 1. The molecular weight excluding hydrogens is 481 g/mol. The van der Waals surface area contributed by atoms with Gasteiger partial charge in [-0.3, -0.25) is 4.79 Å². The Morgan fingerprint density at radius 2 is 1.78 bits per heavy atom. The maximum atomic E-state index is 14.2. The summed E-state index contributed by atoms with van der Waals surface area (Å²) in [7, 11) is 1.39. The minimum absolute atomic E-state index is 0.0185. The fourth-order valence-corrected chi connectivity index (χ4v) is 5.60. The van der Waals surface area contributed by atoms with Crippen LogP contribution < -0.4 is 10.1 Å². The number of rotatable bonds is 11. The number of halogens is 3. The van der Waals surface area contributed by atoms with Gasteiger partial charge in [-0.2, -0.15) is 13.2 Å². The lowest BCUT2D eigenvalue weighted by atomic mass is 9.86. The van der Waals surface area contributed by atoms with Crippen LogP contribution in [0.25, 0.3) is 10.9 Å². The van der Waals surface area contributed by atoms with Crippen molar-refractivity contribution in [3.8, 4) is 5.75 Å². The Hall–Kier alpha value is -2.51. The van der Waals surface area contributed by atoms with Crippen LogP contribution in [0.5, 0.6) is 5.75 Å². The molecule has 0 amide bonds. The number of benzene rings is 1. The molecule has 5 nitrogen and oxygen atoms in total. The summed E-state index contributed by atoms with van der Waals surface area (Å²) in [6.45, 7) is 8.12. The first-order valence-corrected chi connectivity index (χ1v) is 13.6. The number of fused-ring (bicyclic) bond motifs is 1. The number of aromatic nitrogens is 1. The second kappa shape index (κ2) is 12.8. The van der Waals surface area contributed by atoms with Crippen LogP contribution >= 0.6 is 0 Å². The first-order valence-electron chi connectivity index (χ1n) is 13.6. The third-order valence-electron chi connectivity index (χ3n) is 7.91. The maximum absolute atomic E-state index is 14.2. The highest BCUT2D eigenvalue weighted by Gasteiger charge is 2.38. The fraction of sp³-hybridized carbons (Fsp3) is 0.655. The molecule has 206 valence electrons. The van der Waals surface area contributed by atoms with Gasteiger partial charge in [0.25, 0.3) is 0 Å². The van der Waals surface area contributed by atoms with Gasteiger partial charge in [0.15, 0.2) is 0 Å². The summed E-state index contributed by atoms with van der Waals surface area (Å²) < 4.78 is 53.5. The largest absolute Gasteiger partial charge is 0.490 e. The molecule has 0 aliphatic heterocycles. The summed E-state index contributed by atoms with van der Waals surface area (Å²) in [5.41, 5.74) is -0.489. The summed E-state index contributed by atoms with van der Waals surface area (Å²) in [6, 6.07) is 6.13. The van der Waals surface area contributed by atoms with Gasteiger partial charge in [0.05, 0.1) is 24.6 Å². The summed E-state index contributed by atoms with van der Waals surface area (Å²) in [5, 5.41) is 3.45. The molecule has 1 saturated carbocycles. The summed E-state index contributed by atoms with van der Waals surface area (Å²) >= 11 is 0. The van der Waals surface area contributed by atoms with E-state index in [2.05, 4.69) is 24.1 Å². The van der Waals surface area contributed by atoms with Crippen molar-refractivity contribution in [2.24, 2.45) is 17.8 Å². The van der Waals surface area contributed by atoms with Gasteiger partial charge in [0, 0.05) is 11.4 Å². The van der Waals surface area contributed by atoms with Crippen LogP contribution in [-0.4, -0.2) is 30.2 Å². The average Bonchev–Trinajstić information content (AvgIpc) is 2.89. The molecule has 0 saturated heterocycles. The van der Waals surface area contributed by atoms with E-state index in [4.69, 9.17) is 9.47 Å². The van der Waals surface area contributed by atoms with Crippen molar-refractivity contribution in [2.45, 2.75) is 97.4 Å². The zero-order chi connectivity index (χ0) is 27.2. The number of methoxy groups -OCH3 is 1. The molecule has 3 unspecified atom stereocenters. The Morgan fingerprint density at radius 3 is 2.35 bits per heavy atom. The monoisotopic (exact) mass is 522 g/mol. The molecular formula is C29H41F3N2O3. The lowest BCUT2D eigenvalue weighted by Gasteiger charge is -2.29. The van der Waals surface area contributed by atoms with Crippen LogP contribution in [0.2, 0.25) is 0 Å². The number of nitrogens with zero attached hydrogens (tertiary/aromatic N) is 1. The van der Waals surface area contributed by atoms with E-state index in [-0.39, 0.29) is 46.6 Å². The third kappa shape index (κ3) is 7.29. The molecule has 1 fully saturated rings. The molecule has 0 radical (unpaired) electrons. The molecule has 1 N–H and O–H groups in total. The van der Waals surface area contributed by atoms with Crippen molar-refractivity contribution < 1.29 is 27.4 Å². The highest BCUT2D eigenvalue weighted by molar-refractivity contribution is 5.86. The number of alkyl halides is 3. The van der Waals surface area contributed by atoms with Gasteiger partial charge in [-0.05, 0) is 74.6 Å². The molecule has 1 aromatic heterocycles. The van der Waals surface area contributed by atoms with Crippen LogP contribution in [0, 0.1) is 17.8 Å². The lowest BCUT2D eigenvalue weighted by Crippen LogP contribution is -2.31. The van der Waals surface area contributed by atoms with Crippen molar-refractivity contribution in [2.75, 3.05) is 12.4 Å². The van der Waals surface area contributed by atoms with Crippen molar-refractivity contribution in [1.82, 2.24) is 4.98 Å². The van der Waals surface area contributed by atoms with Crippen molar-refractivity contribution in [1.29, 1.82) is 0 Å². The molecule has 8 heteroatoms. The van der Waals surface area contributed by atoms with E-state index in [0.29, 0.717) is 18.2 Å². The van der Waals surface area contributed by atoms with E-state index in [9.17, 15) is 18.0 Å². The van der Waals surface area contributed by atoms with Crippen molar-refractivity contribution in [3.63, 3.8) is 0 Å². The molecule has 1 aliphatic rings. The molecule has 1 aromatic carbocycles. The van der Waals surface area contributed by atoms with Crippen LogP contribution in [0.3, 0.4) is 0 Å². The highest BCUT2D eigenvalue weighted by Crippen LogP contribution is 2.42. The maximum Gasteiger partial charge on any atom is 0.420 e. The average molecular weight is 523 g/mol. The molecule has 1 heterocycles. The Kier molecular flexibility index (Phi) is 10.1. The number of hydrogen-bond donors (Lipinski definition) is 1. The summed E-state index contributed by atoms with van der Waals surface area (Å²) in [6.07, 6.45) is 2.16. The second-order valence-electron chi connectivity index (χ2n) is 10.4. The quantitative estimate of drug-likeness (QED) is 0.303. The molecule has 1 aliphatic carbocycles. The minimum Gasteiger partial charge on any atom is -0.490 e. The summed E-state index contributed by atoms with van der Waals surface area (Å²) in [4.78, 5) is 16.5. The van der Waals surface area contributed by atoms with Crippen LogP contribution in [-0.2, 0) is 15.7 Å². The van der Waals surface area contributed by atoms with Crippen LogP contribution in [0.15, 0.2) is 24.3 Å². The van der Waals surface area contributed by atoms with Crippen LogP contribution in [0.1, 0.15) is 84.6 Å². The molecule has 0 bridgehead atoms. The van der Waals surface area contributed by atoms with Gasteiger partial charge in [0.1, 0.15) is 17.1 Å². The minimum atomic E-state index is -4.56. The normalized spacial score (nSPS) is 20.8. The van der Waals surface area contributed by atoms with E-state index in [1.165, 1.54) is 19.2 Å². The molecule has 0 spiro atoms. The predicted molar refractivity (Wildman–Crippen MR) is 141 cm³/mol. The topological polar surface area (TPSA) is 60.5 Å². The zero-order valence-corrected chi connectivity index (χ0v) is 22.7. The Morgan fingerprint density at radius 1 is 1.08 bits per heavy atom. The number of anilines is 1. The Bertz CT molecular complexity index is 1030. The van der Waals surface area contributed by atoms with Crippen molar-refractivity contribution in [3.05, 3.63) is 29.8 Å². The molecule has 3 atom stereocenters. The number of pyridine rings is 1. The third-order valence-corrected chi connectivity index (χ3v) is 7.91.